The van der Waals surface area contributed by atoms with Crippen molar-refractivity contribution in [3.8, 4) is 11.1 Å². The summed E-state index contributed by atoms with van der Waals surface area (Å²) in [7, 11) is 0. The third-order valence-corrected chi connectivity index (χ3v) is 5.54. The van der Waals surface area contributed by atoms with Crippen molar-refractivity contribution < 1.29 is 9.18 Å². The van der Waals surface area contributed by atoms with Crippen LogP contribution in [-0.2, 0) is 4.79 Å². The van der Waals surface area contributed by atoms with Crippen LogP contribution in [0.25, 0.3) is 11.1 Å². The summed E-state index contributed by atoms with van der Waals surface area (Å²) in [6.07, 6.45) is 0.330. The largest absolute Gasteiger partial charge is 0.325 e. The number of amides is 1. The van der Waals surface area contributed by atoms with Gasteiger partial charge >= 0.3 is 0 Å². The number of fused-ring (bicyclic) bond motifs is 1. The van der Waals surface area contributed by atoms with Crippen LogP contribution in [0.4, 0.5) is 10.1 Å². The van der Waals surface area contributed by atoms with E-state index >= 15 is 0 Å². The fourth-order valence-corrected chi connectivity index (χ4v) is 4.35. The molecule has 3 aromatic rings. The summed E-state index contributed by atoms with van der Waals surface area (Å²) in [5.74, 6) is -0.449. The highest BCUT2D eigenvalue weighted by atomic mass is 35.5. The highest BCUT2D eigenvalue weighted by Crippen LogP contribution is 2.46. The van der Waals surface area contributed by atoms with Crippen LogP contribution in [0, 0.1) is 5.82 Å². The van der Waals surface area contributed by atoms with Gasteiger partial charge < -0.3 is 5.32 Å². The van der Waals surface area contributed by atoms with E-state index in [0.29, 0.717) is 11.4 Å². The second kappa shape index (κ2) is 6.04. The number of nitrogens with one attached hydrogen (secondary N) is 1. The third-order valence-electron chi connectivity index (χ3n) is 4.20. The van der Waals surface area contributed by atoms with Gasteiger partial charge in [-0.05, 0) is 35.4 Å². The lowest BCUT2D eigenvalue weighted by molar-refractivity contribution is -0.116. The molecule has 2 heterocycles. The molecular formula is C19H13ClFNOS. The summed E-state index contributed by atoms with van der Waals surface area (Å²) in [6.45, 7) is 0. The highest BCUT2D eigenvalue weighted by molar-refractivity contribution is 7.11. The van der Waals surface area contributed by atoms with Crippen LogP contribution >= 0.6 is 22.9 Å². The molecule has 0 saturated heterocycles. The van der Waals surface area contributed by atoms with Crippen LogP contribution in [0.2, 0.25) is 5.02 Å². The van der Waals surface area contributed by atoms with Crippen LogP contribution in [0.15, 0.2) is 53.9 Å². The normalized spacial score (nSPS) is 16.6. The molecule has 0 unspecified atom stereocenters. The first-order valence-electron chi connectivity index (χ1n) is 7.54. The second-order valence-corrected chi connectivity index (χ2v) is 7.10. The summed E-state index contributed by atoms with van der Waals surface area (Å²) >= 11 is 7.55. The van der Waals surface area contributed by atoms with Crippen LogP contribution in [0.5, 0.6) is 0 Å². The van der Waals surface area contributed by atoms with E-state index in [9.17, 15) is 9.18 Å². The predicted octanol–water partition coefficient (Wildman–Crippen LogP) is 5.68. The molecule has 0 saturated carbocycles. The quantitative estimate of drug-likeness (QED) is 0.628. The lowest BCUT2D eigenvalue weighted by Crippen LogP contribution is -2.22. The lowest BCUT2D eigenvalue weighted by atomic mass is 9.89. The molecular weight excluding hydrogens is 345 g/mol. The molecule has 120 valence electrons. The first-order valence-corrected chi connectivity index (χ1v) is 8.80. The number of carbonyl (C=O) groups is 1. The van der Waals surface area contributed by atoms with Gasteiger partial charge in [0.05, 0.1) is 5.69 Å². The van der Waals surface area contributed by atoms with Crippen molar-refractivity contribution in [3.05, 3.63) is 75.2 Å². The number of thiophene rings is 1. The van der Waals surface area contributed by atoms with Crippen molar-refractivity contribution in [2.24, 2.45) is 0 Å². The minimum absolute atomic E-state index is 0.0506. The van der Waals surface area contributed by atoms with Crippen LogP contribution < -0.4 is 5.32 Å². The van der Waals surface area contributed by atoms with E-state index in [4.69, 9.17) is 11.6 Å². The van der Waals surface area contributed by atoms with E-state index in [0.717, 1.165) is 27.3 Å². The van der Waals surface area contributed by atoms with Gasteiger partial charge in [0, 0.05) is 33.2 Å². The molecule has 0 fully saturated rings. The van der Waals surface area contributed by atoms with Gasteiger partial charge in [0.25, 0.3) is 0 Å². The number of hydrogen-bond acceptors (Lipinski definition) is 2. The maximum atomic E-state index is 13.6. The van der Waals surface area contributed by atoms with Gasteiger partial charge in [-0.2, -0.15) is 0 Å². The molecule has 0 bridgehead atoms. The fourth-order valence-electron chi connectivity index (χ4n) is 3.06. The Morgan fingerprint density at radius 2 is 1.96 bits per heavy atom. The number of hydrogen-bond donors (Lipinski definition) is 1. The average molecular weight is 358 g/mol. The Morgan fingerprint density at radius 1 is 1.17 bits per heavy atom. The smallest absolute Gasteiger partial charge is 0.225 e. The van der Waals surface area contributed by atoms with E-state index in [1.54, 1.807) is 17.4 Å². The van der Waals surface area contributed by atoms with E-state index in [1.165, 1.54) is 12.1 Å². The molecule has 5 heteroatoms. The Hall–Kier alpha value is -2.17. The van der Waals surface area contributed by atoms with Gasteiger partial charge in [-0.3, -0.25) is 4.79 Å². The minimum Gasteiger partial charge on any atom is -0.325 e. The molecule has 4 rings (SSSR count). The van der Waals surface area contributed by atoms with E-state index < -0.39 is 0 Å². The minimum atomic E-state index is -0.283. The molecule has 1 atom stereocenters. The number of rotatable bonds is 2. The summed E-state index contributed by atoms with van der Waals surface area (Å²) in [5.41, 5.74) is 3.63. The van der Waals surface area contributed by atoms with E-state index in [2.05, 4.69) is 5.32 Å². The molecule has 1 aromatic heterocycles. The summed E-state index contributed by atoms with van der Waals surface area (Å²) in [5, 5.41) is 5.69. The average Bonchev–Trinajstić information content (AvgIpc) is 2.98. The monoisotopic (exact) mass is 357 g/mol. The third kappa shape index (κ3) is 2.72. The number of anilines is 1. The zero-order valence-electron chi connectivity index (χ0n) is 12.6. The molecule has 2 aromatic carbocycles. The Morgan fingerprint density at radius 3 is 2.71 bits per heavy atom. The molecule has 0 spiro atoms. The molecule has 0 radical (unpaired) electrons. The fraction of sp³-hybridized carbons (Fsp3) is 0.105. The summed E-state index contributed by atoms with van der Waals surface area (Å²) < 4.78 is 13.6. The molecule has 1 amide bonds. The highest BCUT2D eigenvalue weighted by Gasteiger charge is 2.30. The first-order chi connectivity index (χ1) is 11.6. The Labute approximate surface area is 147 Å². The van der Waals surface area contributed by atoms with Crippen LogP contribution in [0.1, 0.15) is 22.8 Å². The molecule has 24 heavy (non-hydrogen) atoms. The summed E-state index contributed by atoms with van der Waals surface area (Å²) in [4.78, 5) is 13.3. The molecule has 2 nitrogen and oxygen atoms in total. The Balaban J connectivity index is 1.81. The maximum absolute atomic E-state index is 13.6. The van der Waals surface area contributed by atoms with Gasteiger partial charge in [-0.1, -0.05) is 35.9 Å². The van der Waals surface area contributed by atoms with Crippen LogP contribution in [0.3, 0.4) is 0 Å². The van der Waals surface area contributed by atoms with Gasteiger partial charge in [0.15, 0.2) is 0 Å². The van der Waals surface area contributed by atoms with Gasteiger partial charge in [0.1, 0.15) is 5.82 Å². The van der Waals surface area contributed by atoms with Crippen molar-refractivity contribution in [1.29, 1.82) is 0 Å². The zero-order chi connectivity index (χ0) is 16.7. The van der Waals surface area contributed by atoms with Crippen molar-refractivity contribution in [2.75, 3.05) is 5.32 Å². The van der Waals surface area contributed by atoms with E-state index in [-0.39, 0.29) is 17.6 Å². The van der Waals surface area contributed by atoms with Crippen molar-refractivity contribution in [3.63, 3.8) is 0 Å². The van der Waals surface area contributed by atoms with Crippen LogP contribution in [-0.4, -0.2) is 5.91 Å². The molecule has 1 N–H and O–H groups in total. The van der Waals surface area contributed by atoms with E-state index in [1.807, 2.05) is 35.7 Å². The first kappa shape index (κ1) is 15.4. The lowest BCUT2D eigenvalue weighted by Gasteiger charge is -2.24. The Kier molecular flexibility index (Phi) is 3.87. The maximum Gasteiger partial charge on any atom is 0.225 e. The molecule has 0 aliphatic carbocycles. The second-order valence-electron chi connectivity index (χ2n) is 5.76. The topological polar surface area (TPSA) is 29.1 Å². The zero-order valence-corrected chi connectivity index (χ0v) is 14.1. The van der Waals surface area contributed by atoms with Crippen molar-refractivity contribution in [2.45, 2.75) is 12.3 Å². The van der Waals surface area contributed by atoms with Crippen molar-refractivity contribution >= 4 is 34.5 Å². The van der Waals surface area contributed by atoms with Gasteiger partial charge in [0.2, 0.25) is 5.91 Å². The SMILES string of the molecule is O=C1C[C@H](c2cccc(F)c2)c2scc(-c3ccc(Cl)cc3)c2N1. The molecule has 1 aliphatic rings. The standard InChI is InChI=1S/C19H13ClFNOS/c20-13-6-4-11(5-7-13)16-10-24-19-15(9-17(23)22-18(16)19)12-2-1-3-14(21)8-12/h1-8,10,15H,9H2,(H,22,23)/t15-/m1/s1. The van der Waals surface area contributed by atoms with Gasteiger partial charge in [-0.15, -0.1) is 11.3 Å². The number of carbonyl (C=O) groups excluding carboxylic acids is 1. The Bertz CT molecular complexity index is 919. The predicted molar refractivity (Wildman–Crippen MR) is 96.3 cm³/mol. The number of halogens is 2. The van der Waals surface area contributed by atoms with Gasteiger partial charge in [-0.25, -0.2) is 4.39 Å². The molecule has 1 aliphatic heterocycles. The summed E-state index contributed by atoms with van der Waals surface area (Å²) in [6, 6.07) is 14.0. The van der Waals surface area contributed by atoms with Crippen molar-refractivity contribution in [1.82, 2.24) is 0 Å². The number of benzene rings is 2.